The van der Waals surface area contributed by atoms with Crippen LogP contribution in [0.15, 0.2) is 35.3 Å². The van der Waals surface area contributed by atoms with Gasteiger partial charge in [0.05, 0.1) is 0 Å². The number of rotatable bonds is 9. The highest BCUT2D eigenvalue weighted by Gasteiger charge is 2.22. The Balaban J connectivity index is 2.87. The molecule has 3 amide bonds. The van der Waals surface area contributed by atoms with Crippen LogP contribution in [0, 0.1) is 5.92 Å². The van der Waals surface area contributed by atoms with E-state index >= 15 is 0 Å². The number of carbonyl (C=O) groups excluding carboxylic acids is 3. The predicted octanol–water partition coefficient (Wildman–Crippen LogP) is 1.84. The van der Waals surface area contributed by atoms with Crippen LogP contribution in [0.25, 0.3) is 0 Å². The lowest BCUT2D eigenvalue weighted by Crippen LogP contribution is -2.47. The minimum Gasteiger partial charge on any atom is -0.368 e. The standard InChI is InChI=1S/C18H24ClN3O3/c1-12(2)10-15(17(20)24)22-18(25)14(21-16(23)11-19)9-8-13-6-4-3-5-7-13/h3-7,12,15H,8-11H2,1-2H3,(H2,20,24)(H,22,25). The largest absolute Gasteiger partial charge is 0.368 e. The van der Waals surface area contributed by atoms with Gasteiger partial charge in [-0.25, -0.2) is 4.99 Å². The van der Waals surface area contributed by atoms with Crippen molar-refractivity contribution >= 4 is 35.0 Å². The van der Waals surface area contributed by atoms with Crippen LogP contribution in [-0.2, 0) is 20.8 Å². The van der Waals surface area contributed by atoms with Crippen LogP contribution in [0.5, 0.6) is 0 Å². The summed E-state index contributed by atoms with van der Waals surface area (Å²) in [5.41, 5.74) is 6.40. The quantitative estimate of drug-likeness (QED) is 0.515. The molecular formula is C18H24ClN3O3. The van der Waals surface area contributed by atoms with Gasteiger partial charge in [-0.05, 0) is 30.7 Å². The van der Waals surface area contributed by atoms with E-state index in [-0.39, 0.29) is 23.9 Å². The molecule has 0 radical (unpaired) electrons. The van der Waals surface area contributed by atoms with E-state index in [2.05, 4.69) is 10.3 Å². The Morgan fingerprint density at radius 1 is 1.20 bits per heavy atom. The van der Waals surface area contributed by atoms with Crippen LogP contribution in [0.1, 0.15) is 32.3 Å². The second kappa shape index (κ2) is 10.6. The molecule has 0 saturated carbocycles. The molecule has 0 spiro atoms. The van der Waals surface area contributed by atoms with Crippen molar-refractivity contribution in [2.24, 2.45) is 16.6 Å². The summed E-state index contributed by atoms with van der Waals surface area (Å²) in [4.78, 5) is 39.3. The number of primary amides is 1. The first kappa shape index (κ1) is 20.8. The fourth-order valence-electron chi connectivity index (χ4n) is 2.27. The number of carbonyl (C=O) groups is 3. The van der Waals surface area contributed by atoms with E-state index in [9.17, 15) is 14.4 Å². The van der Waals surface area contributed by atoms with Crippen LogP contribution in [-0.4, -0.2) is 35.4 Å². The van der Waals surface area contributed by atoms with Gasteiger partial charge in [-0.3, -0.25) is 14.4 Å². The highest BCUT2D eigenvalue weighted by Crippen LogP contribution is 2.07. The Morgan fingerprint density at radius 3 is 2.36 bits per heavy atom. The SMILES string of the molecule is CC(C)CC(NC(=O)C(CCc1ccccc1)=NC(=O)CCl)C(N)=O. The average Bonchev–Trinajstić information content (AvgIpc) is 2.57. The normalized spacial score (nSPS) is 12.7. The molecule has 136 valence electrons. The Kier molecular flexibility index (Phi) is 8.84. The number of hydrogen-bond donors (Lipinski definition) is 2. The molecule has 1 rings (SSSR count). The Hall–Kier alpha value is -2.21. The molecule has 0 heterocycles. The topological polar surface area (TPSA) is 102 Å². The maximum atomic E-state index is 12.5. The third-order valence-electron chi connectivity index (χ3n) is 3.49. The maximum absolute atomic E-state index is 12.5. The number of hydrogen-bond acceptors (Lipinski definition) is 3. The zero-order valence-electron chi connectivity index (χ0n) is 14.5. The first-order chi connectivity index (χ1) is 11.8. The van der Waals surface area contributed by atoms with Gasteiger partial charge in [-0.15, -0.1) is 11.6 Å². The van der Waals surface area contributed by atoms with E-state index in [0.29, 0.717) is 12.8 Å². The van der Waals surface area contributed by atoms with E-state index in [1.807, 2.05) is 44.2 Å². The lowest BCUT2D eigenvalue weighted by Gasteiger charge is -2.18. The van der Waals surface area contributed by atoms with Gasteiger partial charge >= 0.3 is 0 Å². The van der Waals surface area contributed by atoms with Gasteiger partial charge in [0.15, 0.2) is 0 Å². The molecule has 1 aromatic rings. The first-order valence-corrected chi connectivity index (χ1v) is 8.67. The number of aryl methyl sites for hydroxylation is 1. The van der Waals surface area contributed by atoms with Gasteiger partial charge in [0.2, 0.25) is 5.91 Å². The summed E-state index contributed by atoms with van der Waals surface area (Å²) in [7, 11) is 0. The predicted molar refractivity (Wildman–Crippen MR) is 98.5 cm³/mol. The number of benzene rings is 1. The van der Waals surface area contributed by atoms with Crippen molar-refractivity contribution in [1.82, 2.24) is 5.32 Å². The summed E-state index contributed by atoms with van der Waals surface area (Å²) in [6, 6.07) is 8.71. The van der Waals surface area contributed by atoms with Crippen LogP contribution < -0.4 is 11.1 Å². The van der Waals surface area contributed by atoms with Crippen molar-refractivity contribution in [2.75, 3.05) is 5.88 Å². The summed E-state index contributed by atoms with van der Waals surface area (Å²) in [5.74, 6) is -1.92. The van der Waals surface area contributed by atoms with Gasteiger partial charge in [0.1, 0.15) is 17.6 Å². The van der Waals surface area contributed by atoms with E-state index in [4.69, 9.17) is 17.3 Å². The van der Waals surface area contributed by atoms with E-state index in [0.717, 1.165) is 5.56 Å². The summed E-state index contributed by atoms with van der Waals surface area (Å²) in [6.07, 6.45) is 1.20. The lowest BCUT2D eigenvalue weighted by atomic mass is 10.0. The number of halogens is 1. The van der Waals surface area contributed by atoms with Gasteiger partial charge in [0.25, 0.3) is 11.8 Å². The lowest BCUT2D eigenvalue weighted by molar-refractivity contribution is -0.124. The molecule has 0 bridgehead atoms. The molecule has 1 aromatic carbocycles. The van der Waals surface area contributed by atoms with Gasteiger partial charge in [-0.1, -0.05) is 44.2 Å². The molecule has 0 aliphatic heterocycles. The zero-order chi connectivity index (χ0) is 18.8. The maximum Gasteiger partial charge on any atom is 0.266 e. The Bertz CT molecular complexity index is 630. The molecule has 3 N–H and O–H groups in total. The highest BCUT2D eigenvalue weighted by molar-refractivity contribution is 6.41. The first-order valence-electron chi connectivity index (χ1n) is 8.14. The number of nitrogens with two attached hydrogens (primary N) is 1. The van der Waals surface area contributed by atoms with E-state index in [1.54, 1.807) is 0 Å². The summed E-state index contributed by atoms with van der Waals surface area (Å²) in [6.45, 7) is 3.84. The Labute approximate surface area is 152 Å². The van der Waals surface area contributed by atoms with Crippen molar-refractivity contribution in [1.29, 1.82) is 0 Å². The van der Waals surface area contributed by atoms with Crippen molar-refractivity contribution in [3.8, 4) is 0 Å². The van der Waals surface area contributed by atoms with Crippen LogP contribution in [0.3, 0.4) is 0 Å². The summed E-state index contributed by atoms with van der Waals surface area (Å²) >= 11 is 5.48. The molecule has 0 fully saturated rings. The molecule has 0 aliphatic carbocycles. The van der Waals surface area contributed by atoms with E-state index in [1.165, 1.54) is 0 Å². The Morgan fingerprint density at radius 2 is 1.84 bits per heavy atom. The van der Waals surface area contributed by atoms with E-state index < -0.39 is 23.8 Å². The molecule has 0 aliphatic rings. The second-order valence-electron chi connectivity index (χ2n) is 6.13. The third-order valence-corrected chi connectivity index (χ3v) is 3.71. The number of nitrogens with one attached hydrogen (secondary N) is 1. The average molecular weight is 366 g/mol. The number of alkyl halides is 1. The molecular weight excluding hydrogens is 342 g/mol. The van der Waals surface area contributed by atoms with Crippen LogP contribution in [0.4, 0.5) is 0 Å². The van der Waals surface area contributed by atoms with Gasteiger partial charge in [-0.2, -0.15) is 0 Å². The van der Waals surface area contributed by atoms with Crippen molar-refractivity contribution in [3.63, 3.8) is 0 Å². The molecule has 1 unspecified atom stereocenters. The molecule has 0 saturated heterocycles. The summed E-state index contributed by atoms with van der Waals surface area (Å²) < 4.78 is 0. The van der Waals surface area contributed by atoms with Crippen LogP contribution in [0.2, 0.25) is 0 Å². The van der Waals surface area contributed by atoms with Crippen molar-refractivity contribution in [3.05, 3.63) is 35.9 Å². The highest BCUT2D eigenvalue weighted by atomic mass is 35.5. The molecule has 0 aromatic heterocycles. The van der Waals surface area contributed by atoms with Gasteiger partial charge < -0.3 is 11.1 Å². The minimum atomic E-state index is -0.805. The fraction of sp³-hybridized carbons (Fsp3) is 0.444. The second-order valence-corrected chi connectivity index (χ2v) is 6.40. The number of amides is 3. The molecule has 1 atom stereocenters. The van der Waals surface area contributed by atoms with Crippen molar-refractivity contribution in [2.45, 2.75) is 39.2 Å². The van der Waals surface area contributed by atoms with Crippen LogP contribution >= 0.6 is 11.6 Å². The smallest absolute Gasteiger partial charge is 0.266 e. The monoisotopic (exact) mass is 365 g/mol. The number of aliphatic imine (C=N–C) groups is 1. The van der Waals surface area contributed by atoms with Gasteiger partial charge in [0, 0.05) is 0 Å². The third kappa shape index (κ3) is 7.94. The molecule has 7 heteroatoms. The zero-order valence-corrected chi connectivity index (χ0v) is 15.3. The number of nitrogens with zero attached hydrogens (tertiary/aromatic N) is 1. The van der Waals surface area contributed by atoms with Crippen molar-refractivity contribution < 1.29 is 14.4 Å². The summed E-state index contributed by atoms with van der Waals surface area (Å²) in [5, 5.41) is 2.57. The molecule has 25 heavy (non-hydrogen) atoms. The minimum absolute atomic E-state index is 0.0458. The fourth-order valence-corrected chi connectivity index (χ4v) is 2.33. The molecule has 6 nitrogen and oxygen atoms in total.